The SMILES string of the molecule is C[C@H](NS(=O)(=O)c1ccccc1)C(=O)Nc1ccc(Cl)c(Cl)c1. The summed E-state index contributed by atoms with van der Waals surface area (Å²) >= 11 is 11.7. The molecule has 2 N–H and O–H groups in total. The van der Waals surface area contributed by atoms with E-state index < -0.39 is 22.0 Å². The second-order valence-electron chi connectivity index (χ2n) is 4.77. The van der Waals surface area contributed by atoms with Gasteiger partial charge in [0, 0.05) is 5.69 Å². The lowest BCUT2D eigenvalue weighted by molar-refractivity contribution is -0.117. The highest BCUT2D eigenvalue weighted by molar-refractivity contribution is 7.89. The van der Waals surface area contributed by atoms with E-state index in [0.717, 1.165) is 0 Å². The summed E-state index contributed by atoms with van der Waals surface area (Å²) in [5.74, 6) is -0.511. The number of nitrogens with one attached hydrogen (secondary N) is 2. The molecule has 0 heterocycles. The molecule has 1 atom stereocenters. The summed E-state index contributed by atoms with van der Waals surface area (Å²) in [5.41, 5.74) is 0.426. The van der Waals surface area contributed by atoms with Crippen molar-refractivity contribution in [1.29, 1.82) is 0 Å². The fourth-order valence-corrected chi connectivity index (χ4v) is 3.30. The van der Waals surface area contributed by atoms with E-state index in [1.54, 1.807) is 24.3 Å². The number of carbonyl (C=O) groups is 1. The lowest BCUT2D eigenvalue weighted by Crippen LogP contribution is -2.41. The van der Waals surface area contributed by atoms with Crippen LogP contribution >= 0.6 is 23.2 Å². The van der Waals surface area contributed by atoms with Gasteiger partial charge in [0.1, 0.15) is 0 Å². The summed E-state index contributed by atoms with van der Waals surface area (Å²) in [6.07, 6.45) is 0. The number of halogens is 2. The minimum atomic E-state index is -3.77. The van der Waals surface area contributed by atoms with E-state index in [2.05, 4.69) is 10.0 Å². The number of anilines is 1. The predicted molar refractivity (Wildman–Crippen MR) is 91.3 cm³/mol. The molecule has 0 aromatic heterocycles. The number of hydrogen-bond acceptors (Lipinski definition) is 3. The van der Waals surface area contributed by atoms with Crippen molar-refractivity contribution < 1.29 is 13.2 Å². The average Bonchev–Trinajstić information content (AvgIpc) is 2.51. The highest BCUT2D eigenvalue weighted by Crippen LogP contribution is 2.25. The summed E-state index contributed by atoms with van der Waals surface area (Å²) in [4.78, 5) is 12.2. The quantitative estimate of drug-likeness (QED) is 0.845. The van der Waals surface area contributed by atoms with Gasteiger partial charge in [-0.15, -0.1) is 0 Å². The summed E-state index contributed by atoms with van der Waals surface area (Å²) in [7, 11) is -3.77. The van der Waals surface area contributed by atoms with Crippen molar-refractivity contribution in [3.05, 3.63) is 58.6 Å². The maximum Gasteiger partial charge on any atom is 0.242 e. The van der Waals surface area contributed by atoms with E-state index >= 15 is 0 Å². The number of hydrogen-bond donors (Lipinski definition) is 2. The van der Waals surface area contributed by atoms with Gasteiger partial charge in [0.25, 0.3) is 0 Å². The molecule has 0 aliphatic heterocycles. The van der Waals surface area contributed by atoms with Crippen molar-refractivity contribution in [2.75, 3.05) is 5.32 Å². The molecule has 0 unspecified atom stereocenters. The highest BCUT2D eigenvalue weighted by Gasteiger charge is 2.22. The van der Waals surface area contributed by atoms with Crippen LogP contribution in [0.3, 0.4) is 0 Å². The molecule has 0 bridgehead atoms. The molecular weight excluding hydrogens is 359 g/mol. The Morgan fingerprint density at radius 2 is 1.70 bits per heavy atom. The van der Waals surface area contributed by atoms with Gasteiger partial charge in [-0.3, -0.25) is 4.79 Å². The first-order chi connectivity index (χ1) is 10.8. The molecular formula is C15H14Cl2N2O3S. The van der Waals surface area contributed by atoms with Gasteiger partial charge in [-0.05, 0) is 37.3 Å². The summed E-state index contributed by atoms with van der Waals surface area (Å²) < 4.78 is 26.7. The second-order valence-corrected chi connectivity index (χ2v) is 7.30. The third-order valence-corrected chi connectivity index (χ3v) is 5.26. The fourth-order valence-electron chi connectivity index (χ4n) is 1.78. The van der Waals surface area contributed by atoms with Crippen LogP contribution in [0.2, 0.25) is 10.0 Å². The molecule has 8 heteroatoms. The first-order valence-corrected chi connectivity index (χ1v) is 8.87. The van der Waals surface area contributed by atoms with Gasteiger partial charge in [0.05, 0.1) is 21.0 Å². The molecule has 2 aromatic rings. The van der Waals surface area contributed by atoms with Gasteiger partial charge in [-0.2, -0.15) is 4.72 Å². The number of sulfonamides is 1. The maximum atomic E-state index is 12.2. The van der Waals surface area contributed by atoms with E-state index in [1.165, 1.54) is 31.2 Å². The summed E-state index contributed by atoms with van der Waals surface area (Å²) in [6, 6.07) is 11.5. The topological polar surface area (TPSA) is 75.3 Å². The number of rotatable bonds is 5. The number of carbonyl (C=O) groups excluding carboxylic acids is 1. The largest absolute Gasteiger partial charge is 0.325 e. The van der Waals surface area contributed by atoms with Gasteiger partial charge in [0.2, 0.25) is 15.9 Å². The van der Waals surface area contributed by atoms with Crippen LogP contribution in [0.4, 0.5) is 5.69 Å². The van der Waals surface area contributed by atoms with Crippen LogP contribution in [0.25, 0.3) is 0 Å². The van der Waals surface area contributed by atoms with E-state index in [4.69, 9.17) is 23.2 Å². The minimum Gasteiger partial charge on any atom is -0.325 e. The Bertz CT molecular complexity index is 811. The first kappa shape index (κ1) is 17.7. The lowest BCUT2D eigenvalue weighted by Gasteiger charge is -2.14. The monoisotopic (exact) mass is 372 g/mol. The Balaban J connectivity index is 2.06. The maximum absolute atomic E-state index is 12.2. The number of benzene rings is 2. The molecule has 0 radical (unpaired) electrons. The molecule has 0 aliphatic rings. The van der Waals surface area contributed by atoms with E-state index in [1.807, 2.05) is 0 Å². The van der Waals surface area contributed by atoms with Crippen molar-refractivity contribution in [2.24, 2.45) is 0 Å². The number of amides is 1. The second kappa shape index (κ2) is 7.31. The molecule has 2 rings (SSSR count). The van der Waals surface area contributed by atoms with Crippen LogP contribution in [0.15, 0.2) is 53.4 Å². The molecule has 5 nitrogen and oxygen atoms in total. The first-order valence-electron chi connectivity index (χ1n) is 6.63. The van der Waals surface area contributed by atoms with E-state index in [-0.39, 0.29) is 4.90 Å². The smallest absolute Gasteiger partial charge is 0.242 e. The van der Waals surface area contributed by atoms with Crippen molar-refractivity contribution in [3.63, 3.8) is 0 Å². The van der Waals surface area contributed by atoms with Crippen molar-refractivity contribution >= 4 is 44.8 Å². The normalized spacial score (nSPS) is 12.7. The van der Waals surface area contributed by atoms with Crippen LogP contribution in [-0.2, 0) is 14.8 Å². The van der Waals surface area contributed by atoms with Crippen LogP contribution < -0.4 is 10.0 Å². The van der Waals surface area contributed by atoms with Crippen molar-refractivity contribution in [3.8, 4) is 0 Å². The molecule has 0 fully saturated rings. The third-order valence-electron chi connectivity index (χ3n) is 2.97. The van der Waals surface area contributed by atoms with Crippen LogP contribution in [0.5, 0.6) is 0 Å². The molecule has 0 aliphatic carbocycles. The lowest BCUT2D eigenvalue weighted by atomic mass is 10.3. The molecule has 1 amide bonds. The van der Waals surface area contributed by atoms with Gasteiger partial charge in [-0.25, -0.2) is 8.42 Å². The highest BCUT2D eigenvalue weighted by atomic mass is 35.5. The van der Waals surface area contributed by atoms with Crippen molar-refractivity contribution in [2.45, 2.75) is 17.9 Å². The zero-order chi connectivity index (χ0) is 17.0. The Hall–Kier alpha value is -1.60. The van der Waals surface area contributed by atoms with E-state index in [0.29, 0.717) is 15.7 Å². The standard InChI is InChI=1S/C15H14Cl2N2O3S/c1-10(19-23(21,22)12-5-3-2-4-6-12)15(20)18-11-7-8-13(16)14(17)9-11/h2-10,19H,1H3,(H,18,20)/t10-/m0/s1. The Labute approximate surface area is 144 Å². The van der Waals surface area contributed by atoms with Crippen LogP contribution in [0.1, 0.15) is 6.92 Å². The molecule has 2 aromatic carbocycles. The zero-order valence-corrected chi connectivity index (χ0v) is 14.4. The molecule has 0 saturated heterocycles. The summed E-state index contributed by atoms with van der Waals surface area (Å²) in [5, 5.41) is 3.23. The zero-order valence-electron chi connectivity index (χ0n) is 12.1. The fraction of sp³-hybridized carbons (Fsp3) is 0.133. The molecule has 0 spiro atoms. The van der Waals surface area contributed by atoms with Gasteiger partial charge in [-0.1, -0.05) is 41.4 Å². The van der Waals surface area contributed by atoms with Gasteiger partial charge >= 0.3 is 0 Å². The molecule has 0 saturated carbocycles. The van der Waals surface area contributed by atoms with Gasteiger partial charge in [0.15, 0.2) is 0 Å². The molecule has 122 valence electrons. The van der Waals surface area contributed by atoms with E-state index in [9.17, 15) is 13.2 Å². The predicted octanol–water partition coefficient (Wildman–Crippen LogP) is 3.30. The van der Waals surface area contributed by atoms with Crippen LogP contribution in [0, 0.1) is 0 Å². The van der Waals surface area contributed by atoms with Crippen molar-refractivity contribution in [1.82, 2.24) is 4.72 Å². The average molecular weight is 373 g/mol. The Kier molecular flexibility index (Phi) is 5.64. The Morgan fingerprint density at radius 1 is 1.04 bits per heavy atom. The Morgan fingerprint density at radius 3 is 2.30 bits per heavy atom. The van der Waals surface area contributed by atoms with Crippen LogP contribution in [-0.4, -0.2) is 20.4 Å². The molecule has 23 heavy (non-hydrogen) atoms. The van der Waals surface area contributed by atoms with Gasteiger partial charge < -0.3 is 5.32 Å². The third kappa shape index (κ3) is 4.68. The minimum absolute atomic E-state index is 0.0918. The summed E-state index contributed by atoms with van der Waals surface area (Å²) in [6.45, 7) is 1.45.